The van der Waals surface area contributed by atoms with Crippen molar-refractivity contribution in [3.8, 4) is 34.2 Å². The number of ether oxygens (including phenoxy) is 1. The number of halogens is 3. The van der Waals surface area contributed by atoms with Crippen LogP contribution in [0.5, 0.6) is 5.75 Å². The molecule has 0 bridgehead atoms. The van der Waals surface area contributed by atoms with E-state index in [9.17, 15) is 13.2 Å². The quantitative estimate of drug-likeness (QED) is 0.173. The van der Waals surface area contributed by atoms with Crippen LogP contribution >= 0.6 is 34.4 Å². The fourth-order valence-corrected chi connectivity index (χ4v) is 8.07. The first-order valence-corrected chi connectivity index (χ1v) is 15.8. The van der Waals surface area contributed by atoms with E-state index in [1.165, 1.54) is 28.3 Å². The van der Waals surface area contributed by atoms with Gasteiger partial charge in [0.25, 0.3) is 0 Å². The second-order valence-corrected chi connectivity index (χ2v) is 12.6. The lowest BCUT2D eigenvalue weighted by Gasteiger charge is -2.14. The number of nitrogens with zero attached hydrogens (tertiary/aromatic N) is 5. The summed E-state index contributed by atoms with van der Waals surface area (Å²) in [6.07, 6.45) is -0.307. The fraction of sp³-hybridized carbons (Fsp3) is 0.200. The Balaban J connectivity index is 1.42. The second kappa shape index (κ2) is 10.8. The van der Waals surface area contributed by atoms with E-state index < -0.39 is 11.7 Å². The van der Waals surface area contributed by atoms with Gasteiger partial charge in [-0.05, 0) is 96.9 Å². The van der Waals surface area contributed by atoms with Gasteiger partial charge in [-0.1, -0.05) is 6.07 Å². The van der Waals surface area contributed by atoms with Crippen molar-refractivity contribution in [3.63, 3.8) is 0 Å². The normalized spacial score (nSPS) is 13.4. The lowest BCUT2D eigenvalue weighted by molar-refractivity contribution is -0.137. The van der Waals surface area contributed by atoms with Gasteiger partial charge in [-0.25, -0.2) is 9.97 Å². The molecule has 0 saturated carbocycles. The predicted octanol–water partition coefficient (Wildman–Crippen LogP) is 8.72. The second-order valence-electron chi connectivity index (χ2n) is 9.78. The van der Waals surface area contributed by atoms with E-state index in [2.05, 4.69) is 10.2 Å². The van der Waals surface area contributed by atoms with Gasteiger partial charge in [-0.3, -0.25) is 4.57 Å². The zero-order valence-corrected chi connectivity index (χ0v) is 24.6. The summed E-state index contributed by atoms with van der Waals surface area (Å²) >= 11 is 4.59. The first-order chi connectivity index (χ1) is 20.4. The predicted molar refractivity (Wildman–Crippen MR) is 160 cm³/mol. The zero-order valence-electron chi connectivity index (χ0n) is 22.2. The topological polar surface area (TPSA) is 65.7 Å². The summed E-state index contributed by atoms with van der Waals surface area (Å²) in [7, 11) is 1.57. The standard InChI is InChI=1S/C30H22F3N5OS3/c1-39-21-11-9-17(10-12-21)26-36-37-29(38(26)20-6-4-5-19(15-20)30(31,32)33)42-28-24-22-7-2-3-8-23(22)41-27(24)34-25(35-28)18-13-14-40-16-18/h4-6,9-16H,2-3,7-8H2,1H3. The molecular weight excluding hydrogens is 600 g/mol. The van der Waals surface area contributed by atoms with Crippen LogP contribution in [0.1, 0.15) is 28.8 Å². The maximum atomic E-state index is 13.8. The molecule has 6 nitrogen and oxygen atoms in total. The van der Waals surface area contributed by atoms with Gasteiger partial charge in [0.2, 0.25) is 5.16 Å². The van der Waals surface area contributed by atoms with Crippen LogP contribution in [-0.4, -0.2) is 31.8 Å². The molecule has 7 rings (SSSR count). The van der Waals surface area contributed by atoms with E-state index in [0.717, 1.165) is 58.6 Å². The van der Waals surface area contributed by atoms with E-state index in [4.69, 9.17) is 14.7 Å². The number of thiophene rings is 2. The number of alkyl halides is 3. The van der Waals surface area contributed by atoms with Crippen LogP contribution < -0.4 is 4.74 Å². The summed E-state index contributed by atoms with van der Waals surface area (Å²) in [5, 5.41) is 15.1. The Labute approximate surface area is 251 Å². The molecule has 0 radical (unpaired) electrons. The molecule has 0 saturated heterocycles. The van der Waals surface area contributed by atoms with E-state index in [-0.39, 0.29) is 0 Å². The molecule has 0 aliphatic heterocycles. The monoisotopic (exact) mass is 621 g/mol. The number of methoxy groups -OCH3 is 1. The van der Waals surface area contributed by atoms with Gasteiger partial charge >= 0.3 is 6.18 Å². The van der Waals surface area contributed by atoms with E-state index in [1.54, 1.807) is 52.5 Å². The molecule has 1 aliphatic carbocycles. The maximum Gasteiger partial charge on any atom is 0.416 e. The molecule has 0 amide bonds. The van der Waals surface area contributed by atoms with Crippen molar-refractivity contribution in [2.24, 2.45) is 0 Å². The Morgan fingerprint density at radius 3 is 2.55 bits per heavy atom. The van der Waals surface area contributed by atoms with E-state index >= 15 is 0 Å². The smallest absolute Gasteiger partial charge is 0.416 e. The van der Waals surface area contributed by atoms with Crippen molar-refractivity contribution in [1.82, 2.24) is 24.7 Å². The lowest BCUT2D eigenvalue weighted by atomic mass is 9.97. The van der Waals surface area contributed by atoms with Crippen molar-refractivity contribution in [2.45, 2.75) is 42.0 Å². The number of fused-ring (bicyclic) bond motifs is 3. The summed E-state index contributed by atoms with van der Waals surface area (Å²) in [6.45, 7) is 0. The minimum absolute atomic E-state index is 0.304. The van der Waals surface area contributed by atoms with Crippen LogP contribution in [0.25, 0.3) is 38.7 Å². The largest absolute Gasteiger partial charge is 0.497 e. The number of rotatable bonds is 6. The van der Waals surface area contributed by atoms with Crippen molar-refractivity contribution in [1.29, 1.82) is 0 Å². The molecule has 212 valence electrons. The van der Waals surface area contributed by atoms with Gasteiger partial charge in [0.05, 0.1) is 18.4 Å². The van der Waals surface area contributed by atoms with Gasteiger partial charge in [0.15, 0.2) is 11.6 Å². The van der Waals surface area contributed by atoms with Gasteiger partial charge in [0.1, 0.15) is 15.6 Å². The summed E-state index contributed by atoms with van der Waals surface area (Å²) in [5.41, 5.74) is 2.43. The molecule has 4 heterocycles. The Kier molecular flexibility index (Phi) is 6.99. The molecule has 0 unspecified atom stereocenters. The van der Waals surface area contributed by atoms with Crippen LogP contribution in [-0.2, 0) is 19.0 Å². The number of hydrogen-bond acceptors (Lipinski definition) is 8. The Hall–Kier alpha value is -3.74. The third kappa shape index (κ3) is 4.97. The van der Waals surface area contributed by atoms with Gasteiger partial charge in [0, 0.05) is 26.8 Å². The summed E-state index contributed by atoms with van der Waals surface area (Å²) in [5.74, 6) is 1.69. The minimum atomic E-state index is -4.50. The van der Waals surface area contributed by atoms with Crippen LogP contribution in [0.15, 0.2) is 75.5 Å². The van der Waals surface area contributed by atoms with Crippen LogP contribution in [0.4, 0.5) is 13.2 Å². The Bertz CT molecular complexity index is 1900. The average Bonchev–Trinajstić information content (AvgIpc) is 3.76. The van der Waals surface area contributed by atoms with Crippen LogP contribution in [0.2, 0.25) is 0 Å². The highest BCUT2D eigenvalue weighted by Crippen LogP contribution is 2.43. The highest BCUT2D eigenvalue weighted by molar-refractivity contribution is 7.99. The fourth-order valence-electron chi connectivity index (χ4n) is 5.12. The Morgan fingerprint density at radius 1 is 0.952 bits per heavy atom. The van der Waals surface area contributed by atoms with Crippen molar-refractivity contribution in [2.75, 3.05) is 7.11 Å². The van der Waals surface area contributed by atoms with E-state index in [1.807, 2.05) is 29.0 Å². The first-order valence-electron chi connectivity index (χ1n) is 13.2. The zero-order chi connectivity index (χ0) is 28.8. The molecule has 0 fully saturated rings. The molecular formula is C30H22F3N5OS3. The maximum absolute atomic E-state index is 13.8. The van der Waals surface area contributed by atoms with Gasteiger partial charge in [-0.2, -0.15) is 24.5 Å². The average molecular weight is 622 g/mol. The van der Waals surface area contributed by atoms with Crippen molar-refractivity contribution < 1.29 is 17.9 Å². The molecule has 6 aromatic rings. The minimum Gasteiger partial charge on any atom is -0.497 e. The molecule has 2 aromatic carbocycles. The highest BCUT2D eigenvalue weighted by atomic mass is 32.2. The van der Waals surface area contributed by atoms with Crippen molar-refractivity contribution in [3.05, 3.63) is 81.4 Å². The third-order valence-electron chi connectivity index (χ3n) is 7.16. The third-order valence-corrected chi connectivity index (χ3v) is 9.97. The summed E-state index contributed by atoms with van der Waals surface area (Å²) in [4.78, 5) is 12.2. The first kappa shape index (κ1) is 27.1. The molecule has 0 atom stereocenters. The SMILES string of the molecule is COc1ccc(-c2nnc(Sc3nc(-c4ccsc4)nc4sc5c(c34)CCCC5)n2-c2cccc(C(F)(F)F)c2)cc1. The molecule has 42 heavy (non-hydrogen) atoms. The number of benzene rings is 2. The highest BCUT2D eigenvalue weighted by Gasteiger charge is 2.31. The summed E-state index contributed by atoms with van der Waals surface area (Å²) < 4.78 is 48.3. The Morgan fingerprint density at radius 2 is 1.79 bits per heavy atom. The molecule has 1 aliphatic rings. The van der Waals surface area contributed by atoms with Crippen LogP contribution in [0, 0.1) is 0 Å². The molecule has 0 spiro atoms. The van der Waals surface area contributed by atoms with E-state index in [0.29, 0.717) is 33.8 Å². The number of aromatic nitrogens is 5. The lowest BCUT2D eigenvalue weighted by Crippen LogP contribution is -2.07. The van der Waals surface area contributed by atoms with Crippen LogP contribution in [0.3, 0.4) is 0 Å². The molecule has 4 aromatic heterocycles. The molecule has 12 heteroatoms. The van der Waals surface area contributed by atoms with Gasteiger partial charge < -0.3 is 4.74 Å². The number of aryl methyl sites for hydroxylation is 2. The van der Waals surface area contributed by atoms with Crippen molar-refractivity contribution >= 4 is 44.7 Å². The molecule has 0 N–H and O–H groups in total. The number of hydrogen-bond donors (Lipinski definition) is 0. The van der Waals surface area contributed by atoms with Gasteiger partial charge in [-0.15, -0.1) is 21.5 Å². The summed E-state index contributed by atoms with van der Waals surface area (Å²) in [6, 6.07) is 14.4.